The van der Waals surface area contributed by atoms with Gasteiger partial charge >= 0.3 is 0 Å². The first kappa shape index (κ1) is 20.0. The molecule has 7 heteroatoms. The van der Waals surface area contributed by atoms with Gasteiger partial charge in [-0.1, -0.05) is 31.8 Å². The van der Waals surface area contributed by atoms with E-state index in [0.717, 1.165) is 41.0 Å². The molecule has 2 aliphatic heterocycles. The monoisotopic (exact) mass is 403 g/mol. The van der Waals surface area contributed by atoms with Gasteiger partial charge in [-0.15, -0.1) is 0 Å². The molecule has 30 heavy (non-hydrogen) atoms. The predicted octanol–water partition coefficient (Wildman–Crippen LogP) is 1.81. The van der Waals surface area contributed by atoms with E-state index in [1.165, 1.54) is 0 Å². The van der Waals surface area contributed by atoms with Crippen molar-refractivity contribution in [2.24, 2.45) is 17.6 Å². The van der Waals surface area contributed by atoms with Gasteiger partial charge in [-0.25, -0.2) is 5.10 Å². The molecule has 0 amide bonds. The molecule has 0 saturated carbocycles. The van der Waals surface area contributed by atoms with E-state index in [1.54, 1.807) is 0 Å². The molecule has 1 atom stereocenters. The quantitative estimate of drug-likeness (QED) is 0.580. The number of benzene rings is 1. The lowest BCUT2D eigenvalue weighted by Crippen LogP contribution is -2.41. The maximum absolute atomic E-state index is 10.1. The highest BCUT2D eigenvalue weighted by atomic mass is 16.5. The first-order valence-electron chi connectivity index (χ1n) is 10.0. The zero-order chi connectivity index (χ0) is 21.5. The number of nitrogens with two attached hydrogens (primary N) is 1. The number of allylic oxidation sites excluding steroid dienone is 1. The van der Waals surface area contributed by atoms with Crippen LogP contribution in [0.25, 0.3) is 0 Å². The van der Waals surface area contributed by atoms with Gasteiger partial charge < -0.3 is 20.9 Å². The van der Waals surface area contributed by atoms with E-state index in [1.807, 2.05) is 39.0 Å². The molecule has 4 rings (SSSR count). The number of nitriles is 1. The number of aromatic nitrogens is 2. The number of aliphatic hydroxyl groups is 1. The van der Waals surface area contributed by atoms with Crippen LogP contribution in [0.4, 0.5) is 0 Å². The summed E-state index contributed by atoms with van der Waals surface area (Å²) in [6.07, 6.45) is 0. The van der Waals surface area contributed by atoms with Crippen molar-refractivity contribution in [2.45, 2.75) is 32.8 Å². The molecule has 1 aromatic heterocycles. The normalized spacial score (nSPS) is 20.7. The third kappa shape index (κ3) is 2.95. The average Bonchev–Trinajstić information content (AvgIpc) is 3.05. The van der Waals surface area contributed by atoms with E-state index in [2.05, 4.69) is 33.4 Å². The second-order valence-electron chi connectivity index (χ2n) is 8.13. The Morgan fingerprint density at radius 2 is 2.13 bits per heavy atom. The molecule has 2 aliphatic rings. The molecular weight excluding hydrogens is 378 g/mol. The molecular formula is C23H25N5O2. The van der Waals surface area contributed by atoms with Crippen molar-refractivity contribution in [3.05, 3.63) is 57.6 Å². The summed E-state index contributed by atoms with van der Waals surface area (Å²) < 4.78 is 5.70. The molecule has 1 saturated heterocycles. The highest BCUT2D eigenvalue weighted by molar-refractivity contribution is 5.63. The van der Waals surface area contributed by atoms with Crippen molar-refractivity contribution in [3.8, 4) is 23.8 Å². The van der Waals surface area contributed by atoms with Crippen LogP contribution in [-0.4, -0.2) is 28.4 Å². The maximum atomic E-state index is 10.1. The molecule has 154 valence electrons. The van der Waals surface area contributed by atoms with Crippen molar-refractivity contribution in [1.29, 1.82) is 5.26 Å². The van der Waals surface area contributed by atoms with Crippen LogP contribution in [-0.2, 0) is 12.0 Å². The van der Waals surface area contributed by atoms with Gasteiger partial charge in [0, 0.05) is 24.6 Å². The summed E-state index contributed by atoms with van der Waals surface area (Å²) in [4.78, 5) is 0. The summed E-state index contributed by atoms with van der Waals surface area (Å²) in [6, 6.07) is 8.09. The summed E-state index contributed by atoms with van der Waals surface area (Å²) in [5, 5.41) is 30.4. The lowest BCUT2D eigenvalue weighted by molar-refractivity contribution is 0.281. The second-order valence-corrected chi connectivity index (χ2v) is 8.13. The molecule has 0 aliphatic carbocycles. The Morgan fingerprint density at radius 3 is 2.73 bits per heavy atom. The van der Waals surface area contributed by atoms with Crippen molar-refractivity contribution < 1.29 is 9.84 Å². The molecule has 2 aromatic rings. The highest BCUT2D eigenvalue weighted by Crippen LogP contribution is 2.52. The molecule has 0 bridgehead atoms. The van der Waals surface area contributed by atoms with Gasteiger partial charge in [-0.3, -0.25) is 0 Å². The number of nitrogens with zero attached hydrogens (tertiary/aromatic N) is 2. The van der Waals surface area contributed by atoms with Crippen LogP contribution >= 0.6 is 0 Å². The molecule has 1 unspecified atom stereocenters. The number of aliphatic hydroxyl groups excluding tert-OH is 1. The van der Waals surface area contributed by atoms with Crippen LogP contribution in [0.2, 0.25) is 0 Å². The largest absolute Gasteiger partial charge is 0.422 e. The summed E-state index contributed by atoms with van der Waals surface area (Å²) in [7, 11) is 0. The van der Waals surface area contributed by atoms with Gasteiger partial charge in [-0.2, -0.15) is 10.4 Å². The van der Waals surface area contributed by atoms with E-state index >= 15 is 0 Å². The fraction of sp³-hybridized carbons (Fsp3) is 0.391. The van der Waals surface area contributed by atoms with E-state index in [0.29, 0.717) is 17.4 Å². The molecule has 1 aromatic carbocycles. The summed E-state index contributed by atoms with van der Waals surface area (Å²) in [6.45, 7) is 7.62. The van der Waals surface area contributed by atoms with Crippen LogP contribution in [0.1, 0.15) is 41.8 Å². The molecule has 7 nitrogen and oxygen atoms in total. The van der Waals surface area contributed by atoms with E-state index < -0.39 is 5.41 Å². The molecule has 3 heterocycles. The summed E-state index contributed by atoms with van der Waals surface area (Å²) in [5.41, 5.74) is 9.57. The standard InChI is InChI=1S/C23H25N5O2/c1-13(2)23(19(9-24)21(25)30-22-20(23)14(3)27-28-22)18-7-15(6-17(8-18)12-29)4-5-16-10-26-11-16/h6-8,13,16,26,29H,10-12,25H2,1-3H3,(H,27,28). The first-order chi connectivity index (χ1) is 14.4. The number of hydrogen-bond donors (Lipinski definition) is 4. The van der Waals surface area contributed by atoms with E-state index in [9.17, 15) is 10.4 Å². The van der Waals surface area contributed by atoms with Crippen LogP contribution < -0.4 is 15.8 Å². The molecule has 0 radical (unpaired) electrons. The number of rotatable bonds is 3. The van der Waals surface area contributed by atoms with Crippen LogP contribution in [0.15, 0.2) is 29.7 Å². The number of aromatic amines is 1. The van der Waals surface area contributed by atoms with Crippen molar-refractivity contribution in [3.63, 3.8) is 0 Å². The van der Waals surface area contributed by atoms with Gasteiger partial charge in [0.25, 0.3) is 0 Å². The van der Waals surface area contributed by atoms with Gasteiger partial charge in [0.1, 0.15) is 11.6 Å². The van der Waals surface area contributed by atoms with Gasteiger partial charge in [0.2, 0.25) is 11.8 Å². The minimum atomic E-state index is -0.872. The Balaban J connectivity index is 2.00. The SMILES string of the molecule is Cc1n[nH]c2c1C(c1cc(C#CC3CNC3)cc(CO)c1)(C(C)C)C(C#N)=C(N)O2. The molecule has 1 fully saturated rings. The third-order valence-corrected chi connectivity index (χ3v) is 5.97. The lowest BCUT2D eigenvalue weighted by atomic mass is 9.61. The lowest BCUT2D eigenvalue weighted by Gasteiger charge is -2.41. The Hall–Kier alpha value is -3.26. The van der Waals surface area contributed by atoms with E-state index in [-0.39, 0.29) is 18.4 Å². The maximum Gasteiger partial charge on any atom is 0.222 e. The zero-order valence-electron chi connectivity index (χ0n) is 17.3. The Labute approximate surface area is 175 Å². The van der Waals surface area contributed by atoms with E-state index in [4.69, 9.17) is 10.5 Å². The van der Waals surface area contributed by atoms with Gasteiger partial charge in [-0.05, 0) is 36.1 Å². The Kier molecular flexibility index (Phi) is 5.03. The Morgan fingerprint density at radius 1 is 1.37 bits per heavy atom. The fourth-order valence-electron chi connectivity index (χ4n) is 4.43. The smallest absolute Gasteiger partial charge is 0.222 e. The third-order valence-electron chi connectivity index (χ3n) is 5.97. The highest BCUT2D eigenvalue weighted by Gasteiger charge is 2.50. The first-order valence-corrected chi connectivity index (χ1v) is 10.0. The average molecular weight is 403 g/mol. The summed E-state index contributed by atoms with van der Waals surface area (Å²) in [5.74, 6) is 7.32. The minimum Gasteiger partial charge on any atom is -0.422 e. The van der Waals surface area contributed by atoms with Crippen LogP contribution in [0.5, 0.6) is 5.88 Å². The number of ether oxygens (including phenoxy) is 1. The number of hydrogen-bond acceptors (Lipinski definition) is 6. The van der Waals surface area contributed by atoms with Crippen molar-refractivity contribution in [2.75, 3.05) is 13.1 Å². The molecule has 0 spiro atoms. The zero-order valence-corrected chi connectivity index (χ0v) is 17.3. The Bertz CT molecular complexity index is 1120. The number of aryl methyl sites for hydroxylation is 1. The molecule has 5 N–H and O–H groups in total. The number of H-pyrrole nitrogens is 1. The van der Waals surface area contributed by atoms with Gasteiger partial charge in [0.05, 0.1) is 23.3 Å². The minimum absolute atomic E-state index is 0.0461. The van der Waals surface area contributed by atoms with Crippen molar-refractivity contribution in [1.82, 2.24) is 15.5 Å². The number of fused-ring (bicyclic) bond motifs is 1. The number of nitrogens with one attached hydrogen (secondary N) is 2. The van der Waals surface area contributed by atoms with Crippen LogP contribution in [0, 0.1) is 41.9 Å². The summed E-state index contributed by atoms with van der Waals surface area (Å²) >= 11 is 0. The predicted molar refractivity (Wildman–Crippen MR) is 112 cm³/mol. The second kappa shape index (κ2) is 7.53. The topological polar surface area (TPSA) is 120 Å². The van der Waals surface area contributed by atoms with Crippen molar-refractivity contribution >= 4 is 0 Å². The fourth-order valence-corrected chi connectivity index (χ4v) is 4.43. The van der Waals surface area contributed by atoms with Gasteiger partial charge in [0.15, 0.2) is 0 Å². The van der Waals surface area contributed by atoms with Crippen LogP contribution in [0.3, 0.4) is 0 Å².